The van der Waals surface area contributed by atoms with Crippen molar-refractivity contribution in [1.82, 2.24) is 10.2 Å². The molecule has 7 heteroatoms. The van der Waals surface area contributed by atoms with E-state index in [4.69, 9.17) is 0 Å². The highest BCUT2D eigenvalue weighted by molar-refractivity contribution is 4.79. The van der Waals surface area contributed by atoms with E-state index in [9.17, 15) is 22.0 Å². The summed E-state index contributed by atoms with van der Waals surface area (Å²) >= 11 is 0. The van der Waals surface area contributed by atoms with E-state index in [1.807, 2.05) is 6.92 Å². The van der Waals surface area contributed by atoms with Gasteiger partial charge < -0.3 is 5.32 Å². The van der Waals surface area contributed by atoms with Crippen molar-refractivity contribution < 1.29 is 22.0 Å². The zero-order valence-electron chi connectivity index (χ0n) is 8.67. The molecule has 0 fully saturated rings. The van der Waals surface area contributed by atoms with Gasteiger partial charge in [-0.25, -0.2) is 0 Å². The molecule has 0 unspecified atom stereocenters. The second-order valence-electron chi connectivity index (χ2n) is 3.29. The van der Waals surface area contributed by atoms with Crippen molar-refractivity contribution in [3.63, 3.8) is 0 Å². The summed E-state index contributed by atoms with van der Waals surface area (Å²) < 4.78 is 60.4. The van der Waals surface area contributed by atoms with E-state index in [-0.39, 0.29) is 6.54 Å². The zero-order valence-corrected chi connectivity index (χ0v) is 8.67. The number of hydrogen-bond donors (Lipinski definition) is 1. The van der Waals surface area contributed by atoms with E-state index < -0.39 is 18.6 Å². The van der Waals surface area contributed by atoms with Gasteiger partial charge in [-0.1, -0.05) is 6.92 Å². The molecule has 0 bridgehead atoms. The lowest BCUT2D eigenvalue weighted by atomic mass is 10.3. The number of hydrogen-bond acceptors (Lipinski definition) is 2. The first-order valence-electron chi connectivity index (χ1n) is 4.54. The predicted molar refractivity (Wildman–Crippen MR) is 47.0 cm³/mol. The molecule has 0 amide bonds. The fraction of sp³-hybridized carbons (Fsp3) is 1.00. The van der Waals surface area contributed by atoms with Crippen molar-refractivity contribution in [2.24, 2.45) is 0 Å². The summed E-state index contributed by atoms with van der Waals surface area (Å²) in [6.07, 6.45) is -5.47. The molecule has 92 valence electrons. The third-order valence-electron chi connectivity index (χ3n) is 1.80. The molecule has 0 heterocycles. The number of halogens is 5. The molecule has 0 aromatic heterocycles. The molecule has 0 aliphatic carbocycles. The fourth-order valence-corrected chi connectivity index (χ4v) is 0.954. The van der Waals surface area contributed by atoms with Gasteiger partial charge in [0, 0.05) is 13.1 Å². The van der Waals surface area contributed by atoms with Crippen LogP contribution < -0.4 is 5.32 Å². The van der Waals surface area contributed by atoms with Crippen LogP contribution in [0.3, 0.4) is 0 Å². The normalized spacial score (nSPS) is 13.6. The van der Waals surface area contributed by atoms with Gasteiger partial charge in [0.25, 0.3) is 0 Å². The maximum Gasteiger partial charge on any atom is 0.454 e. The molecule has 0 radical (unpaired) electrons. The largest absolute Gasteiger partial charge is 0.454 e. The lowest BCUT2D eigenvalue weighted by Gasteiger charge is -2.25. The second kappa shape index (κ2) is 5.60. The monoisotopic (exact) mass is 234 g/mol. The van der Waals surface area contributed by atoms with Gasteiger partial charge in [0.2, 0.25) is 0 Å². The van der Waals surface area contributed by atoms with Gasteiger partial charge in [0.05, 0.1) is 6.54 Å². The summed E-state index contributed by atoms with van der Waals surface area (Å²) in [5, 5.41) is 2.84. The van der Waals surface area contributed by atoms with Gasteiger partial charge in [-0.05, 0) is 13.6 Å². The van der Waals surface area contributed by atoms with Gasteiger partial charge in [0.1, 0.15) is 0 Å². The molecule has 2 nitrogen and oxygen atoms in total. The lowest BCUT2D eigenvalue weighted by Crippen LogP contribution is -2.47. The van der Waals surface area contributed by atoms with Crippen LogP contribution in [0.1, 0.15) is 6.92 Å². The van der Waals surface area contributed by atoms with Crippen LogP contribution in [0.15, 0.2) is 0 Å². The number of likely N-dealkylation sites (N-methyl/N-ethyl adjacent to an activating group) is 2. The van der Waals surface area contributed by atoms with E-state index in [0.29, 0.717) is 13.1 Å². The number of nitrogens with zero attached hydrogens (tertiary/aromatic N) is 1. The molecule has 0 saturated heterocycles. The van der Waals surface area contributed by atoms with Crippen LogP contribution >= 0.6 is 0 Å². The molecule has 0 atom stereocenters. The molecule has 0 aliphatic heterocycles. The van der Waals surface area contributed by atoms with Crippen LogP contribution in [-0.4, -0.2) is 50.2 Å². The van der Waals surface area contributed by atoms with Crippen LogP contribution in [0, 0.1) is 0 Å². The molecule has 0 saturated carbocycles. The van der Waals surface area contributed by atoms with Crippen molar-refractivity contribution >= 4 is 0 Å². The molecular formula is C8H15F5N2. The van der Waals surface area contributed by atoms with Gasteiger partial charge in [-0.3, -0.25) is 4.90 Å². The van der Waals surface area contributed by atoms with Crippen LogP contribution in [0.2, 0.25) is 0 Å². The highest BCUT2D eigenvalue weighted by atomic mass is 19.4. The Hall–Kier alpha value is -0.430. The molecule has 0 aromatic rings. The van der Waals surface area contributed by atoms with Gasteiger partial charge >= 0.3 is 12.1 Å². The van der Waals surface area contributed by atoms with Crippen molar-refractivity contribution in [2.45, 2.75) is 19.0 Å². The van der Waals surface area contributed by atoms with Gasteiger partial charge in [0.15, 0.2) is 0 Å². The minimum atomic E-state index is -5.47. The minimum absolute atomic E-state index is 0.152. The maximum absolute atomic E-state index is 12.5. The Morgan fingerprint density at radius 3 is 2.07 bits per heavy atom. The topological polar surface area (TPSA) is 15.3 Å². The Kier molecular flexibility index (Phi) is 5.44. The van der Waals surface area contributed by atoms with Crippen molar-refractivity contribution in [2.75, 3.05) is 33.2 Å². The molecule has 0 spiro atoms. The van der Waals surface area contributed by atoms with E-state index in [2.05, 4.69) is 5.32 Å². The Labute approximate surface area is 85.4 Å². The van der Waals surface area contributed by atoms with Gasteiger partial charge in [-0.15, -0.1) is 0 Å². The van der Waals surface area contributed by atoms with Gasteiger partial charge in [-0.2, -0.15) is 22.0 Å². The predicted octanol–water partition coefficient (Wildman–Crippen LogP) is 1.73. The van der Waals surface area contributed by atoms with E-state index in [1.165, 1.54) is 7.05 Å². The average Bonchev–Trinajstić information content (AvgIpc) is 2.01. The smallest absolute Gasteiger partial charge is 0.316 e. The van der Waals surface area contributed by atoms with E-state index in [0.717, 1.165) is 4.90 Å². The number of rotatable bonds is 6. The summed E-state index contributed by atoms with van der Waals surface area (Å²) in [5.41, 5.74) is 0. The molecule has 1 N–H and O–H groups in total. The maximum atomic E-state index is 12.5. The summed E-state index contributed by atoms with van der Waals surface area (Å²) in [6.45, 7) is 1.72. The highest BCUT2D eigenvalue weighted by Gasteiger charge is 2.57. The quantitative estimate of drug-likeness (QED) is 0.556. The standard InChI is InChI=1S/C8H15F5N2/c1-3-14-4-5-15(2)6-7(9,10)8(11,12)13/h14H,3-6H2,1-2H3. The third kappa shape index (κ3) is 5.27. The Morgan fingerprint density at radius 1 is 1.13 bits per heavy atom. The molecule has 0 rings (SSSR count). The fourth-order valence-electron chi connectivity index (χ4n) is 0.954. The first-order chi connectivity index (χ1) is 6.70. The van der Waals surface area contributed by atoms with E-state index >= 15 is 0 Å². The van der Waals surface area contributed by atoms with Crippen LogP contribution in [0.25, 0.3) is 0 Å². The first kappa shape index (κ1) is 14.6. The SMILES string of the molecule is CCNCCN(C)CC(F)(F)C(F)(F)F. The van der Waals surface area contributed by atoms with E-state index in [1.54, 1.807) is 0 Å². The first-order valence-corrected chi connectivity index (χ1v) is 4.54. The zero-order chi connectivity index (χ0) is 12.1. The number of nitrogens with one attached hydrogen (secondary N) is 1. The Morgan fingerprint density at radius 2 is 1.67 bits per heavy atom. The van der Waals surface area contributed by atoms with Crippen molar-refractivity contribution in [3.05, 3.63) is 0 Å². The average molecular weight is 234 g/mol. The summed E-state index contributed by atoms with van der Waals surface area (Å²) in [5.74, 6) is -4.64. The second-order valence-corrected chi connectivity index (χ2v) is 3.29. The Bertz CT molecular complexity index is 180. The van der Waals surface area contributed by atoms with Crippen molar-refractivity contribution in [3.8, 4) is 0 Å². The van der Waals surface area contributed by atoms with Crippen molar-refractivity contribution in [1.29, 1.82) is 0 Å². The Balaban J connectivity index is 3.99. The molecular weight excluding hydrogens is 219 g/mol. The number of alkyl halides is 5. The molecule has 0 aliphatic rings. The van der Waals surface area contributed by atoms with Crippen LogP contribution in [-0.2, 0) is 0 Å². The summed E-state index contributed by atoms with van der Waals surface area (Å²) in [7, 11) is 1.23. The lowest BCUT2D eigenvalue weighted by molar-refractivity contribution is -0.285. The molecule has 0 aromatic carbocycles. The molecule has 15 heavy (non-hydrogen) atoms. The summed E-state index contributed by atoms with van der Waals surface area (Å²) in [4.78, 5) is 0.955. The minimum Gasteiger partial charge on any atom is -0.316 e. The van der Waals surface area contributed by atoms with Crippen LogP contribution in [0.4, 0.5) is 22.0 Å². The van der Waals surface area contributed by atoms with Crippen LogP contribution in [0.5, 0.6) is 0 Å². The highest BCUT2D eigenvalue weighted by Crippen LogP contribution is 2.35. The summed E-state index contributed by atoms with van der Waals surface area (Å²) in [6, 6.07) is 0. The third-order valence-corrected chi connectivity index (χ3v) is 1.80.